The fourth-order valence-corrected chi connectivity index (χ4v) is 5.10. The average molecular weight is 545 g/mol. The molecule has 34 heavy (non-hydrogen) atoms. The summed E-state index contributed by atoms with van der Waals surface area (Å²) in [5, 5.41) is 4.93. The number of halogens is 4. The van der Waals surface area contributed by atoms with Gasteiger partial charge in [0.2, 0.25) is 11.8 Å². The van der Waals surface area contributed by atoms with Gasteiger partial charge in [0.1, 0.15) is 6.04 Å². The first-order valence-electron chi connectivity index (χ1n) is 11.1. The molecule has 1 aliphatic carbocycles. The zero-order chi connectivity index (χ0) is 25.0. The quantitative estimate of drug-likeness (QED) is 0.431. The Morgan fingerprint density at radius 1 is 0.941 bits per heavy atom. The van der Waals surface area contributed by atoms with E-state index in [1.807, 2.05) is 14.1 Å². The molecule has 0 aliphatic heterocycles. The second-order valence-electron chi connectivity index (χ2n) is 9.09. The molecule has 0 radical (unpaired) electrons. The van der Waals surface area contributed by atoms with Gasteiger partial charge in [-0.25, -0.2) is 0 Å². The molecular weight excluding hydrogens is 516 g/mol. The Bertz CT molecular complexity index is 1060. The molecule has 2 aromatic carbocycles. The van der Waals surface area contributed by atoms with Gasteiger partial charge in [-0.15, -0.1) is 0 Å². The van der Waals surface area contributed by atoms with Crippen LogP contribution in [0.5, 0.6) is 0 Å². The summed E-state index contributed by atoms with van der Waals surface area (Å²) in [6.45, 7) is 1.43. The predicted molar refractivity (Wildman–Crippen MR) is 140 cm³/mol. The Balaban J connectivity index is 1.82. The number of hydrogen-bond donors (Lipinski definition) is 1. The number of likely N-dealkylation sites (N-methyl/N-ethyl adjacent to an activating group) is 1. The Morgan fingerprint density at radius 3 is 2.12 bits per heavy atom. The van der Waals surface area contributed by atoms with E-state index in [1.54, 1.807) is 48.3 Å². The van der Waals surface area contributed by atoms with E-state index in [0.29, 0.717) is 39.5 Å². The van der Waals surface area contributed by atoms with Crippen LogP contribution >= 0.6 is 46.4 Å². The number of nitrogens with one attached hydrogen (secondary N) is 1. The maximum absolute atomic E-state index is 13.5. The van der Waals surface area contributed by atoms with E-state index in [4.69, 9.17) is 46.4 Å². The van der Waals surface area contributed by atoms with Crippen molar-refractivity contribution in [3.63, 3.8) is 0 Å². The van der Waals surface area contributed by atoms with Crippen molar-refractivity contribution in [2.24, 2.45) is 0 Å². The summed E-state index contributed by atoms with van der Waals surface area (Å²) < 4.78 is 0. The molecule has 1 N–H and O–H groups in total. The first kappa shape index (κ1) is 27.1. The topological polar surface area (TPSA) is 52.6 Å². The second-order valence-corrected chi connectivity index (χ2v) is 10.8. The number of hydrogen-bond acceptors (Lipinski definition) is 3. The number of rotatable bonds is 10. The highest BCUT2D eigenvalue weighted by Crippen LogP contribution is 2.51. The van der Waals surface area contributed by atoms with Crippen LogP contribution < -0.4 is 5.32 Å². The highest BCUT2D eigenvalue weighted by Gasteiger charge is 2.53. The van der Waals surface area contributed by atoms with Crippen molar-refractivity contribution >= 4 is 58.2 Å². The molecule has 1 saturated carbocycles. The van der Waals surface area contributed by atoms with E-state index in [2.05, 4.69) is 10.2 Å². The number of carbonyl (C=O) groups is 2. The SMILES string of the molecule is CN(C)CCCN(C)C(=O)[C@H](Cc1ccc(Cl)cc1Cl)NC(=O)C1(c2ccc(Cl)cc2Cl)CC1. The van der Waals surface area contributed by atoms with Gasteiger partial charge in [0.05, 0.1) is 5.41 Å². The summed E-state index contributed by atoms with van der Waals surface area (Å²) in [5.41, 5.74) is 0.708. The van der Waals surface area contributed by atoms with E-state index in [1.165, 1.54) is 0 Å². The molecule has 9 heteroatoms. The summed E-state index contributed by atoms with van der Waals surface area (Å²) >= 11 is 24.9. The van der Waals surface area contributed by atoms with Crippen molar-refractivity contribution < 1.29 is 9.59 Å². The maximum Gasteiger partial charge on any atom is 0.245 e. The highest BCUT2D eigenvalue weighted by molar-refractivity contribution is 6.35. The number of amides is 2. The minimum absolute atomic E-state index is 0.170. The number of carbonyl (C=O) groups excluding carboxylic acids is 2. The fraction of sp³-hybridized carbons (Fsp3) is 0.440. The monoisotopic (exact) mass is 543 g/mol. The van der Waals surface area contributed by atoms with Crippen LogP contribution in [-0.4, -0.2) is 61.9 Å². The summed E-state index contributed by atoms with van der Waals surface area (Å²) in [5.74, 6) is -0.391. The van der Waals surface area contributed by atoms with Crippen molar-refractivity contribution in [1.29, 1.82) is 0 Å². The number of benzene rings is 2. The van der Waals surface area contributed by atoms with Gasteiger partial charge in [0.25, 0.3) is 0 Å². The maximum atomic E-state index is 13.5. The molecule has 2 amide bonds. The van der Waals surface area contributed by atoms with Crippen LogP contribution in [0, 0.1) is 0 Å². The van der Waals surface area contributed by atoms with Crippen LogP contribution in [0.15, 0.2) is 36.4 Å². The van der Waals surface area contributed by atoms with Crippen molar-refractivity contribution in [3.8, 4) is 0 Å². The first-order valence-corrected chi connectivity index (χ1v) is 12.6. The molecular formula is C25H29Cl4N3O2. The molecule has 5 nitrogen and oxygen atoms in total. The summed E-state index contributed by atoms with van der Waals surface area (Å²) in [6, 6.07) is 9.52. The lowest BCUT2D eigenvalue weighted by Gasteiger charge is -2.27. The predicted octanol–water partition coefficient (Wildman–Crippen LogP) is 5.47. The Labute approximate surface area is 221 Å². The minimum Gasteiger partial charge on any atom is -0.344 e. The highest BCUT2D eigenvalue weighted by atomic mass is 35.5. The van der Waals surface area contributed by atoms with Gasteiger partial charge in [-0.05, 0) is 75.3 Å². The van der Waals surface area contributed by atoms with E-state index < -0.39 is 11.5 Å². The van der Waals surface area contributed by atoms with Crippen LogP contribution in [0.25, 0.3) is 0 Å². The van der Waals surface area contributed by atoms with Gasteiger partial charge in [-0.2, -0.15) is 0 Å². The molecule has 184 valence electrons. The van der Waals surface area contributed by atoms with Gasteiger partial charge in [-0.1, -0.05) is 58.5 Å². The van der Waals surface area contributed by atoms with Gasteiger partial charge in [0, 0.05) is 40.1 Å². The van der Waals surface area contributed by atoms with E-state index >= 15 is 0 Å². The third-order valence-electron chi connectivity index (χ3n) is 6.15. The van der Waals surface area contributed by atoms with Crippen LogP contribution in [0.1, 0.15) is 30.4 Å². The van der Waals surface area contributed by atoms with Gasteiger partial charge in [-0.3, -0.25) is 9.59 Å². The lowest BCUT2D eigenvalue weighted by Crippen LogP contribution is -2.51. The third-order valence-corrected chi connectivity index (χ3v) is 7.28. The molecule has 0 aromatic heterocycles. The second kappa shape index (κ2) is 11.5. The van der Waals surface area contributed by atoms with Crippen LogP contribution in [0.2, 0.25) is 20.1 Å². The largest absolute Gasteiger partial charge is 0.344 e. The number of nitrogens with zero attached hydrogens (tertiary/aromatic N) is 2. The molecule has 1 fully saturated rings. The van der Waals surface area contributed by atoms with Crippen molar-refractivity contribution in [3.05, 3.63) is 67.6 Å². The van der Waals surface area contributed by atoms with E-state index in [-0.39, 0.29) is 18.2 Å². The molecule has 0 spiro atoms. The molecule has 1 atom stereocenters. The average Bonchev–Trinajstić information content (AvgIpc) is 3.56. The molecule has 0 bridgehead atoms. The standard InChI is InChI=1S/C25H29Cl4N3O2/c1-31(2)11-4-12-32(3)23(33)22(13-16-5-6-17(26)14-20(16)28)30-24(34)25(9-10-25)19-8-7-18(27)15-21(19)29/h5-8,14-15,22H,4,9-13H2,1-3H3,(H,30,34)/t22-/m0/s1. The molecule has 0 saturated heterocycles. The van der Waals surface area contributed by atoms with Crippen molar-refractivity contribution in [1.82, 2.24) is 15.1 Å². The minimum atomic E-state index is -0.779. The molecule has 3 rings (SSSR count). The molecule has 2 aromatic rings. The third kappa shape index (κ3) is 6.58. The lowest BCUT2D eigenvalue weighted by atomic mass is 9.93. The zero-order valence-corrected chi connectivity index (χ0v) is 22.5. The Kier molecular flexibility index (Phi) is 9.16. The van der Waals surface area contributed by atoms with Crippen LogP contribution in [-0.2, 0) is 21.4 Å². The van der Waals surface area contributed by atoms with Gasteiger partial charge in [0.15, 0.2) is 0 Å². The van der Waals surface area contributed by atoms with E-state index in [0.717, 1.165) is 24.1 Å². The summed E-state index contributed by atoms with van der Waals surface area (Å²) in [7, 11) is 5.73. The van der Waals surface area contributed by atoms with Crippen LogP contribution in [0.3, 0.4) is 0 Å². The van der Waals surface area contributed by atoms with Crippen LogP contribution in [0.4, 0.5) is 0 Å². The zero-order valence-electron chi connectivity index (χ0n) is 19.5. The van der Waals surface area contributed by atoms with E-state index in [9.17, 15) is 9.59 Å². The van der Waals surface area contributed by atoms with Crippen molar-refractivity contribution in [2.45, 2.75) is 37.1 Å². The van der Waals surface area contributed by atoms with Gasteiger partial charge < -0.3 is 15.1 Å². The molecule has 0 unspecified atom stereocenters. The smallest absolute Gasteiger partial charge is 0.245 e. The first-order chi connectivity index (χ1) is 16.0. The summed E-state index contributed by atoms with van der Waals surface area (Å²) in [6.07, 6.45) is 2.38. The fourth-order valence-electron chi connectivity index (χ4n) is 4.03. The lowest BCUT2D eigenvalue weighted by molar-refractivity contribution is -0.136. The molecule has 1 aliphatic rings. The van der Waals surface area contributed by atoms with Crippen molar-refractivity contribution in [2.75, 3.05) is 34.2 Å². The summed E-state index contributed by atoms with van der Waals surface area (Å²) in [4.78, 5) is 30.6. The Morgan fingerprint density at radius 2 is 1.56 bits per heavy atom. The Hall–Kier alpha value is -1.50. The van der Waals surface area contributed by atoms with Gasteiger partial charge >= 0.3 is 0 Å². The molecule has 0 heterocycles. The normalized spacial score (nSPS) is 15.2.